The summed E-state index contributed by atoms with van der Waals surface area (Å²) in [5.41, 5.74) is 5.24. The van der Waals surface area contributed by atoms with Crippen molar-refractivity contribution in [1.82, 2.24) is 29.2 Å². The number of aromatic nitrogens is 5. The van der Waals surface area contributed by atoms with Crippen LogP contribution in [0.3, 0.4) is 0 Å². The first-order chi connectivity index (χ1) is 21.1. The lowest BCUT2D eigenvalue weighted by atomic mass is 9.75. The monoisotopic (exact) mass is 616 g/mol. The second-order valence-corrected chi connectivity index (χ2v) is 15.6. The van der Waals surface area contributed by atoms with Gasteiger partial charge in [0.2, 0.25) is 11.8 Å². The van der Waals surface area contributed by atoms with Crippen LogP contribution in [0.1, 0.15) is 48.7 Å². The molecule has 1 spiro atoms. The summed E-state index contributed by atoms with van der Waals surface area (Å²) < 4.78 is 28.6. The quantitative estimate of drug-likeness (QED) is 0.319. The summed E-state index contributed by atoms with van der Waals surface area (Å²) in [5, 5.41) is 7.47. The molecule has 0 radical (unpaired) electrons. The molecule has 7 rings (SSSR count). The van der Waals surface area contributed by atoms with Gasteiger partial charge in [0.05, 0.1) is 50.5 Å². The number of hydrogen-bond acceptors (Lipinski definition) is 8. The average Bonchev–Trinajstić information content (AvgIpc) is 3.50. The first-order valence-electron chi connectivity index (χ1n) is 15.5. The molecular weight excluding hydrogens is 576 g/mol. The molecule has 3 aliphatic rings. The summed E-state index contributed by atoms with van der Waals surface area (Å²) in [7, 11) is 1.67. The molecule has 4 aromatic rings. The predicted octanol–water partition coefficient (Wildman–Crippen LogP) is 5.03. The van der Waals surface area contributed by atoms with Gasteiger partial charge < -0.3 is 14.2 Å². The molecule has 2 fully saturated rings. The highest BCUT2D eigenvalue weighted by Gasteiger charge is 2.44. The number of aryl methyl sites for hydroxylation is 2. The van der Waals surface area contributed by atoms with Gasteiger partial charge in [-0.15, -0.1) is 0 Å². The highest BCUT2D eigenvalue weighted by molar-refractivity contribution is 7.93. The first kappa shape index (κ1) is 29.0. The molecule has 1 unspecified atom stereocenters. The van der Waals surface area contributed by atoms with Crippen molar-refractivity contribution in [3.05, 3.63) is 47.8 Å². The van der Waals surface area contributed by atoms with Crippen molar-refractivity contribution in [1.29, 1.82) is 0 Å². The van der Waals surface area contributed by atoms with Gasteiger partial charge in [0, 0.05) is 49.4 Å². The topological polar surface area (TPSA) is 120 Å². The summed E-state index contributed by atoms with van der Waals surface area (Å²) in [6, 6.07) is 9.34. The number of carbonyl (C=O) groups excluding carboxylic acids is 1. The van der Waals surface area contributed by atoms with Gasteiger partial charge in [0.15, 0.2) is 0 Å². The van der Waals surface area contributed by atoms with E-state index < -0.39 is 9.73 Å². The normalized spacial score (nSPS) is 21.7. The molecule has 3 aliphatic heterocycles. The Labute approximate surface area is 258 Å². The molecule has 0 saturated carbocycles. The number of hydrogen-bond donors (Lipinski definition) is 1. The van der Waals surface area contributed by atoms with Gasteiger partial charge >= 0.3 is 0 Å². The van der Waals surface area contributed by atoms with Gasteiger partial charge in [-0.25, -0.2) is 13.9 Å². The SMILES string of the molecule is Cc1cc2cc(n1)-c1cnn(C)c1OCCCC(C)Cn1c(nc3ccc(N=S4(=O)CCC5(CC4)CN(C)C5)cc31)NC2=O. The summed E-state index contributed by atoms with van der Waals surface area (Å²) in [6.45, 7) is 7.45. The highest BCUT2D eigenvalue weighted by Crippen LogP contribution is 2.41. The third-order valence-electron chi connectivity index (χ3n) is 9.29. The van der Waals surface area contributed by atoms with Crippen LogP contribution in [0.4, 0.5) is 11.6 Å². The van der Waals surface area contributed by atoms with Crippen molar-refractivity contribution in [2.24, 2.45) is 22.7 Å². The summed E-state index contributed by atoms with van der Waals surface area (Å²) in [5.74, 6) is 2.42. The molecule has 1 atom stereocenters. The number of likely N-dealkylation sites (tertiary alicyclic amines) is 1. The van der Waals surface area contributed by atoms with Crippen LogP contribution in [0.2, 0.25) is 0 Å². The van der Waals surface area contributed by atoms with E-state index in [-0.39, 0.29) is 11.8 Å². The molecule has 0 aliphatic carbocycles. The van der Waals surface area contributed by atoms with Crippen LogP contribution in [0.15, 0.2) is 40.9 Å². The van der Waals surface area contributed by atoms with Crippen molar-refractivity contribution in [2.75, 3.05) is 43.6 Å². The summed E-state index contributed by atoms with van der Waals surface area (Å²) in [4.78, 5) is 25.5. The lowest BCUT2D eigenvalue weighted by Crippen LogP contribution is -2.57. The van der Waals surface area contributed by atoms with Gasteiger partial charge in [0.1, 0.15) is 0 Å². The van der Waals surface area contributed by atoms with E-state index >= 15 is 0 Å². The number of nitrogens with zero attached hydrogens (tertiary/aromatic N) is 7. The minimum Gasteiger partial charge on any atom is -0.477 e. The largest absolute Gasteiger partial charge is 0.477 e. The molecule has 11 nitrogen and oxygen atoms in total. The van der Waals surface area contributed by atoms with Gasteiger partial charge in [-0.05, 0) is 81.3 Å². The van der Waals surface area contributed by atoms with E-state index in [9.17, 15) is 9.00 Å². The Morgan fingerprint density at radius 3 is 2.68 bits per heavy atom. The number of nitrogens with one attached hydrogen (secondary N) is 1. The Morgan fingerprint density at radius 2 is 1.91 bits per heavy atom. The molecule has 44 heavy (non-hydrogen) atoms. The second kappa shape index (κ2) is 11.0. The van der Waals surface area contributed by atoms with E-state index in [1.807, 2.05) is 32.2 Å². The lowest BCUT2D eigenvalue weighted by Gasteiger charge is -2.51. The standard InChI is InChI=1S/C32H40N8O3S/c1-21-6-5-11-43-30-25(17-33-39(30)4)27-15-23(14-22(2)34-27)29(41)36-31-35-26-8-7-24(16-28(26)40(31)18-21)37-44(42)12-9-32(10-13-44)19-38(3)20-32/h7-8,14-17,21H,5-6,9-13,18-20H2,1-4H3,(H,35,36,41). The van der Waals surface area contributed by atoms with Crippen LogP contribution < -0.4 is 10.1 Å². The number of carbonyl (C=O) groups is 1. The van der Waals surface area contributed by atoms with Gasteiger partial charge in [-0.2, -0.15) is 9.46 Å². The molecule has 232 valence electrons. The maximum Gasteiger partial charge on any atom is 0.258 e. The maximum absolute atomic E-state index is 13.8. The maximum atomic E-state index is 13.8. The average molecular weight is 617 g/mol. The third-order valence-corrected chi connectivity index (χ3v) is 11.5. The Bertz CT molecular complexity index is 1860. The molecule has 2 saturated heterocycles. The Morgan fingerprint density at radius 1 is 1.11 bits per heavy atom. The van der Waals surface area contributed by atoms with Crippen LogP contribution >= 0.6 is 0 Å². The molecule has 6 heterocycles. The fraction of sp³-hybridized carbons (Fsp3) is 0.500. The zero-order valence-electron chi connectivity index (χ0n) is 25.9. The smallest absolute Gasteiger partial charge is 0.258 e. The number of anilines is 1. The lowest BCUT2D eigenvalue weighted by molar-refractivity contribution is 0.0142. The Hall–Kier alpha value is -3.77. The van der Waals surface area contributed by atoms with E-state index in [1.54, 1.807) is 23.0 Å². The number of fused-ring (bicyclic) bond motifs is 7. The van der Waals surface area contributed by atoms with E-state index in [0.29, 0.717) is 64.5 Å². The minimum absolute atomic E-state index is 0.271. The van der Waals surface area contributed by atoms with Crippen LogP contribution in [-0.4, -0.2) is 77.6 Å². The number of benzene rings is 1. The van der Waals surface area contributed by atoms with Crippen molar-refractivity contribution in [3.8, 4) is 17.1 Å². The molecule has 2 bridgehead atoms. The fourth-order valence-corrected chi connectivity index (χ4v) is 9.40. The number of ether oxygens (including phenoxy) is 1. The summed E-state index contributed by atoms with van der Waals surface area (Å²) in [6.07, 6.45) is 5.43. The van der Waals surface area contributed by atoms with Crippen molar-refractivity contribution >= 4 is 38.3 Å². The van der Waals surface area contributed by atoms with Crippen molar-refractivity contribution in [3.63, 3.8) is 0 Å². The predicted molar refractivity (Wildman–Crippen MR) is 172 cm³/mol. The van der Waals surface area contributed by atoms with Crippen LogP contribution in [0.25, 0.3) is 22.3 Å². The van der Waals surface area contributed by atoms with Crippen molar-refractivity contribution in [2.45, 2.75) is 46.1 Å². The molecule has 1 amide bonds. The Kier molecular flexibility index (Phi) is 7.24. The minimum atomic E-state index is -2.32. The van der Waals surface area contributed by atoms with Crippen LogP contribution in [0, 0.1) is 18.3 Å². The molecule has 1 N–H and O–H groups in total. The van der Waals surface area contributed by atoms with E-state index in [4.69, 9.17) is 14.1 Å². The molecule has 1 aromatic carbocycles. The molecule has 12 heteroatoms. The number of imidazole rings is 1. The van der Waals surface area contributed by atoms with E-state index in [2.05, 4.69) is 38.8 Å². The Balaban J connectivity index is 1.24. The van der Waals surface area contributed by atoms with Crippen LogP contribution in [0.5, 0.6) is 5.88 Å². The third kappa shape index (κ3) is 5.49. The van der Waals surface area contributed by atoms with Gasteiger partial charge in [-0.3, -0.25) is 15.1 Å². The fourth-order valence-electron chi connectivity index (χ4n) is 7.01. The molecule has 3 aromatic heterocycles. The number of rotatable bonds is 1. The zero-order valence-corrected chi connectivity index (χ0v) is 26.7. The van der Waals surface area contributed by atoms with Crippen molar-refractivity contribution < 1.29 is 13.7 Å². The van der Waals surface area contributed by atoms with E-state index in [0.717, 1.165) is 55.4 Å². The molecular formula is C32H40N8O3S. The number of amides is 1. The number of pyridine rings is 1. The van der Waals surface area contributed by atoms with E-state index in [1.165, 1.54) is 0 Å². The zero-order chi connectivity index (χ0) is 30.6. The summed E-state index contributed by atoms with van der Waals surface area (Å²) >= 11 is 0. The first-order valence-corrected chi connectivity index (χ1v) is 17.3. The second-order valence-electron chi connectivity index (χ2n) is 13.1. The van der Waals surface area contributed by atoms with Crippen LogP contribution in [-0.2, 0) is 23.3 Å². The van der Waals surface area contributed by atoms with Gasteiger partial charge in [-0.1, -0.05) is 6.92 Å². The van der Waals surface area contributed by atoms with Gasteiger partial charge in [0.25, 0.3) is 5.91 Å². The highest BCUT2D eigenvalue weighted by atomic mass is 32.2.